The molecule has 0 amide bonds. The van der Waals surface area contributed by atoms with Crippen LogP contribution in [0.2, 0.25) is 5.02 Å². The molecule has 0 saturated heterocycles. The van der Waals surface area contributed by atoms with Crippen molar-refractivity contribution in [3.63, 3.8) is 0 Å². The van der Waals surface area contributed by atoms with Gasteiger partial charge in [0.05, 0.1) is 29.5 Å². The van der Waals surface area contributed by atoms with Crippen molar-refractivity contribution < 1.29 is 4.74 Å². The number of nitrogens with two attached hydrogens (primary N) is 1. The first-order valence-corrected chi connectivity index (χ1v) is 11.3. The number of anilines is 2. The number of thioether (sulfide) groups is 1. The molecule has 2 N–H and O–H groups in total. The van der Waals surface area contributed by atoms with Crippen LogP contribution in [-0.2, 0) is 5.75 Å². The lowest BCUT2D eigenvalue weighted by molar-refractivity contribution is 0.411. The maximum Gasteiger partial charge on any atom is 0.266 e. The van der Waals surface area contributed by atoms with Crippen LogP contribution in [0.1, 0.15) is 11.4 Å². The van der Waals surface area contributed by atoms with Crippen molar-refractivity contribution in [1.29, 1.82) is 0 Å². The monoisotopic (exact) mass is 483 g/mol. The second-order valence-corrected chi connectivity index (χ2v) is 8.84. The zero-order valence-corrected chi connectivity index (χ0v) is 20.1. The van der Waals surface area contributed by atoms with Crippen molar-refractivity contribution >= 4 is 46.2 Å². The van der Waals surface area contributed by atoms with Crippen molar-refractivity contribution in [2.45, 2.75) is 17.8 Å². The van der Waals surface area contributed by atoms with Crippen molar-refractivity contribution in [1.82, 2.24) is 24.5 Å². The van der Waals surface area contributed by atoms with Gasteiger partial charge in [-0.1, -0.05) is 29.4 Å². The van der Waals surface area contributed by atoms with Crippen LogP contribution in [-0.4, -0.2) is 45.7 Å². The molecule has 9 nitrogen and oxygen atoms in total. The lowest BCUT2D eigenvalue weighted by Gasteiger charge is -2.16. The smallest absolute Gasteiger partial charge is 0.266 e. The summed E-state index contributed by atoms with van der Waals surface area (Å²) in [5.41, 5.74) is 7.70. The molecule has 0 radical (unpaired) electrons. The molecule has 0 unspecified atom stereocenters. The zero-order valence-electron chi connectivity index (χ0n) is 18.5. The lowest BCUT2D eigenvalue weighted by Crippen LogP contribution is -2.22. The molecule has 4 aromatic rings. The summed E-state index contributed by atoms with van der Waals surface area (Å²) in [5, 5.41) is 1.40. The molecule has 2 aromatic heterocycles. The van der Waals surface area contributed by atoms with E-state index in [1.54, 1.807) is 34.8 Å². The largest absolute Gasteiger partial charge is 0.495 e. The molecule has 0 atom stereocenters. The second-order valence-electron chi connectivity index (χ2n) is 7.46. The Labute approximate surface area is 199 Å². The van der Waals surface area contributed by atoms with Crippen LogP contribution in [0.3, 0.4) is 0 Å². The average Bonchev–Trinajstić information content (AvgIpc) is 2.77. The summed E-state index contributed by atoms with van der Waals surface area (Å²) < 4.78 is 7.09. The third kappa shape index (κ3) is 4.71. The fourth-order valence-electron chi connectivity index (χ4n) is 3.24. The molecular weight excluding hydrogens is 462 g/mol. The number of rotatable bonds is 6. The number of aryl methyl sites for hydroxylation is 1. The molecule has 2 aromatic carbocycles. The predicted octanol–water partition coefficient (Wildman–Crippen LogP) is 3.48. The first-order chi connectivity index (χ1) is 15.8. The van der Waals surface area contributed by atoms with Crippen LogP contribution < -0.4 is 20.9 Å². The quantitative estimate of drug-likeness (QED) is 0.325. The maximum absolute atomic E-state index is 13.6. The normalized spacial score (nSPS) is 11.1. The average molecular weight is 484 g/mol. The minimum absolute atomic E-state index is 0.125. The van der Waals surface area contributed by atoms with Crippen LogP contribution in [0.5, 0.6) is 5.75 Å². The van der Waals surface area contributed by atoms with Gasteiger partial charge in [0, 0.05) is 19.1 Å². The molecule has 170 valence electrons. The second kappa shape index (κ2) is 9.24. The topological polar surface area (TPSA) is 112 Å². The van der Waals surface area contributed by atoms with E-state index in [9.17, 15) is 4.79 Å². The van der Waals surface area contributed by atoms with Crippen LogP contribution in [0.15, 0.2) is 46.3 Å². The Morgan fingerprint density at radius 1 is 1.12 bits per heavy atom. The number of ether oxygens (including phenoxy) is 1. The van der Waals surface area contributed by atoms with E-state index >= 15 is 0 Å². The van der Waals surface area contributed by atoms with E-state index in [0.717, 1.165) is 5.56 Å². The van der Waals surface area contributed by atoms with E-state index in [1.165, 1.54) is 11.8 Å². The van der Waals surface area contributed by atoms with Crippen molar-refractivity contribution in [3.05, 3.63) is 63.2 Å². The number of aromatic nitrogens is 5. The highest BCUT2D eigenvalue weighted by Gasteiger charge is 2.18. The van der Waals surface area contributed by atoms with E-state index in [1.807, 2.05) is 39.2 Å². The molecule has 2 heterocycles. The number of methoxy groups -OCH3 is 1. The Balaban J connectivity index is 1.88. The summed E-state index contributed by atoms with van der Waals surface area (Å²) in [6.45, 7) is 1.95. The van der Waals surface area contributed by atoms with Gasteiger partial charge in [0.15, 0.2) is 5.16 Å². The van der Waals surface area contributed by atoms with Crippen molar-refractivity contribution in [3.8, 4) is 11.4 Å². The molecule has 0 bridgehead atoms. The van der Waals surface area contributed by atoms with Crippen molar-refractivity contribution in [2.75, 3.05) is 31.8 Å². The third-order valence-electron chi connectivity index (χ3n) is 4.79. The molecule has 0 aliphatic heterocycles. The van der Waals surface area contributed by atoms with E-state index < -0.39 is 0 Å². The SMILES string of the molecule is COc1ccc(C)cc1-n1c(SCc2nc(N)nc(N(C)C)n2)nc2cc(Cl)ccc2c1=O. The summed E-state index contributed by atoms with van der Waals surface area (Å²) in [4.78, 5) is 32.9. The molecule has 0 aliphatic rings. The summed E-state index contributed by atoms with van der Waals surface area (Å²) in [5.74, 6) is 1.92. The van der Waals surface area contributed by atoms with E-state index in [4.69, 9.17) is 27.1 Å². The maximum atomic E-state index is 13.6. The summed E-state index contributed by atoms with van der Waals surface area (Å²) in [6.07, 6.45) is 0. The van der Waals surface area contributed by atoms with Gasteiger partial charge in [0.1, 0.15) is 11.6 Å². The minimum Gasteiger partial charge on any atom is -0.495 e. The predicted molar refractivity (Wildman–Crippen MR) is 132 cm³/mol. The Kier molecular flexibility index (Phi) is 6.39. The Bertz CT molecular complexity index is 1410. The van der Waals surface area contributed by atoms with Gasteiger partial charge < -0.3 is 15.4 Å². The number of hydrogen-bond donors (Lipinski definition) is 1. The molecule has 0 spiro atoms. The van der Waals surface area contributed by atoms with Gasteiger partial charge in [-0.3, -0.25) is 9.36 Å². The molecule has 0 aliphatic carbocycles. The Hall–Kier alpha value is -3.37. The third-order valence-corrected chi connectivity index (χ3v) is 5.96. The van der Waals surface area contributed by atoms with Gasteiger partial charge in [-0.05, 0) is 42.8 Å². The van der Waals surface area contributed by atoms with Gasteiger partial charge in [-0.15, -0.1) is 0 Å². The highest BCUT2D eigenvalue weighted by atomic mass is 35.5. The van der Waals surface area contributed by atoms with Crippen LogP contribution in [0.25, 0.3) is 16.6 Å². The molecule has 33 heavy (non-hydrogen) atoms. The van der Waals surface area contributed by atoms with Gasteiger partial charge >= 0.3 is 0 Å². The molecular formula is C22H22ClN7O2S. The first-order valence-electron chi connectivity index (χ1n) is 9.94. The number of fused-ring (bicyclic) bond motifs is 1. The molecule has 0 saturated carbocycles. The van der Waals surface area contributed by atoms with E-state index in [0.29, 0.717) is 50.0 Å². The zero-order chi connectivity index (χ0) is 23.7. The van der Waals surface area contributed by atoms with Gasteiger partial charge in [-0.25, -0.2) is 4.98 Å². The van der Waals surface area contributed by atoms with Gasteiger partial charge in [0.25, 0.3) is 5.56 Å². The highest BCUT2D eigenvalue weighted by molar-refractivity contribution is 7.98. The van der Waals surface area contributed by atoms with Gasteiger partial charge in [-0.2, -0.15) is 15.0 Å². The Morgan fingerprint density at radius 2 is 1.91 bits per heavy atom. The number of halogens is 1. The van der Waals surface area contributed by atoms with Crippen LogP contribution >= 0.6 is 23.4 Å². The molecule has 4 rings (SSSR count). The number of benzene rings is 2. The fourth-order valence-corrected chi connectivity index (χ4v) is 4.27. The highest BCUT2D eigenvalue weighted by Crippen LogP contribution is 2.30. The van der Waals surface area contributed by atoms with Crippen LogP contribution in [0.4, 0.5) is 11.9 Å². The molecule has 11 heteroatoms. The van der Waals surface area contributed by atoms with Crippen molar-refractivity contribution in [2.24, 2.45) is 0 Å². The van der Waals surface area contributed by atoms with E-state index in [2.05, 4.69) is 15.0 Å². The standard InChI is InChI=1S/C22H22ClN7O2S/c1-12-5-8-17(32-4)16(9-12)30-19(31)14-7-6-13(23)10-15(14)25-22(30)33-11-18-26-20(24)28-21(27-18)29(2)3/h5-10H,11H2,1-4H3,(H2,24,26,27,28). The minimum atomic E-state index is -0.229. The number of hydrogen-bond acceptors (Lipinski definition) is 9. The lowest BCUT2D eigenvalue weighted by atomic mass is 10.2. The number of nitrogen functional groups attached to an aromatic ring is 1. The van der Waals surface area contributed by atoms with Crippen LogP contribution in [0, 0.1) is 6.92 Å². The number of nitrogens with zero attached hydrogens (tertiary/aromatic N) is 6. The first kappa shape index (κ1) is 22.8. The fraction of sp³-hybridized carbons (Fsp3) is 0.227. The summed E-state index contributed by atoms with van der Waals surface area (Å²) in [7, 11) is 5.21. The van der Waals surface area contributed by atoms with Gasteiger partial charge in [0.2, 0.25) is 11.9 Å². The van der Waals surface area contributed by atoms with E-state index in [-0.39, 0.29) is 11.5 Å². The summed E-state index contributed by atoms with van der Waals surface area (Å²) in [6, 6.07) is 10.7. The Morgan fingerprint density at radius 3 is 2.64 bits per heavy atom. The summed E-state index contributed by atoms with van der Waals surface area (Å²) >= 11 is 7.48. The molecule has 0 fully saturated rings.